The monoisotopic (exact) mass is 899 g/mol. The Labute approximate surface area is 311 Å². The average Bonchev–Trinajstić information content (AvgIpc) is 3.10. The van der Waals surface area contributed by atoms with Crippen molar-refractivity contribution in [3.05, 3.63) is 25.3 Å². The first kappa shape index (κ1) is 53.7. The van der Waals surface area contributed by atoms with Crippen LogP contribution in [0.25, 0.3) is 0 Å². The SMILES string of the molecule is C=CC(=O)OCCCC(=O)OCC(F)(F)C(F)(F)C(F)(F)OC(F)C(F)(F)OCCOC(F)(F)C(F)OC(F)(F)C(F)(F)C(F)(F)COC(=O)NCCOC(=O)C=C. The number of alkyl halides is 18. The molecular weight excluding hydrogens is 872 g/mol. The van der Waals surface area contributed by atoms with Crippen LogP contribution in [0.3, 0.4) is 0 Å². The Balaban J connectivity index is 5.24. The number of hydrogen-bond donors (Lipinski definition) is 1. The second-order valence-electron chi connectivity index (χ2n) is 10.3. The molecule has 0 bridgehead atoms. The Morgan fingerprint density at radius 2 is 0.931 bits per heavy atom. The molecule has 0 saturated heterocycles. The number of rotatable bonds is 28. The fourth-order valence-corrected chi connectivity index (χ4v) is 2.90. The minimum atomic E-state index is -7.01. The Morgan fingerprint density at radius 1 is 0.552 bits per heavy atom. The molecule has 338 valence electrons. The van der Waals surface area contributed by atoms with Gasteiger partial charge in [-0.25, -0.2) is 23.2 Å². The largest absolute Gasteiger partial charge is 0.463 e. The van der Waals surface area contributed by atoms with E-state index in [1.165, 1.54) is 5.32 Å². The van der Waals surface area contributed by atoms with Crippen LogP contribution in [0.15, 0.2) is 25.3 Å². The standard InChI is InChI=1S/C27H27F18NO12/c1-3-14(47)51-8-5-6-16(49)53-12-20(30,31)24(38,39)26(42,43)57-17(28)22(34,35)55-10-11-56-23(36,37)18(29)58-27(44,45)25(40,41)21(32,33)13-54-19(50)46-7-9-52-15(48)4-2/h3-4,17-18H,1-2,5-13H2,(H,46,50). The number of carbonyl (C=O) groups is 4. The Morgan fingerprint density at radius 3 is 1.33 bits per heavy atom. The lowest BCUT2D eigenvalue weighted by atomic mass is 10.1. The van der Waals surface area contributed by atoms with E-state index in [9.17, 15) is 98.2 Å². The zero-order valence-corrected chi connectivity index (χ0v) is 28.3. The highest BCUT2D eigenvalue weighted by Crippen LogP contribution is 2.49. The lowest BCUT2D eigenvalue weighted by molar-refractivity contribution is -0.458. The van der Waals surface area contributed by atoms with Crippen molar-refractivity contribution in [1.82, 2.24) is 5.32 Å². The van der Waals surface area contributed by atoms with Gasteiger partial charge in [0.1, 0.15) is 6.61 Å². The third-order valence-corrected chi connectivity index (χ3v) is 5.87. The summed E-state index contributed by atoms with van der Waals surface area (Å²) in [5.74, 6) is -30.3. The van der Waals surface area contributed by atoms with Crippen LogP contribution in [0.5, 0.6) is 0 Å². The summed E-state index contributed by atoms with van der Waals surface area (Å²) in [7, 11) is 0. The van der Waals surface area contributed by atoms with Gasteiger partial charge in [0.25, 0.3) is 12.7 Å². The smallest absolute Gasteiger partial charge is 0.428 e. The number of amides is 1. The van der Waals surface area contributed by atoms with Crippen molar-refractivity contribution in [3.63, 3.8) is 0 Å². The van der Waals surface area contributed by atoms with E-state index in [-0.39, 0.29) is 0 Å². The topological polar surface area (TPSA) is 154 Å². The Bertz CT molecular complexity index is 1300. The summed E-state index contributed by atoms with van der Waals surface area (Å²) < 4.78 is 275. The number of esters is 3. The number of ether oxygens (including phenoxy) is 8. The van der Waals surface area contributed by atoms with E-state index < -0.39 is 144 Å². The summed E-state index contributed by atoms with van der Waals surface area (Å²) in [4.78, 5) is 44.2. The third-order valence-electron chi connectivity index (χ3n) is 5.87. The summed E-state index contributed by atoms with van der Waals surface area (Å²) in [6.07, 6.45) is -38.6. The highest BCUT2D eigenvalue weighted by molar-refractivity contribution is 5.81. The predicted octanol–water partition coefficient (Wildman–Crippen LogP) is 6.06. The summed E-state index contributed by atoms with van der Waals surface area (Å²) in [6, 6.07) is 0. The van der Waals surface area contributed by atoms with E-state index in [0.29, 0.717) is 12.2 Å². The maximum Gasteiger partial charge on any atom is 0.428 e. The molecule has 0 heterocycles. The van der Waals surface area contributed by atoms with Gasteiger partial charge in [-0.05, 0) is 6.42 Å². The molecule has 1 N–H and O–H groups in total. The number of nitrogens with one attached hydrogen (secondary N) is 1. The molecule has 0 aliphatic heterocycles. The second-order valence-corrected chi connectivity index (χ2v) is 10.3. The summed E-state index contributed by atoms with van der Waals surface area (Å²) >= 11 is 0. The molecule has 13 nitrogen and oxygen atoms in total. The summed E-state index contributed by atoms with van der Waals surface area (Å²) in [5.41, 5.74) is 0. The van der Waals surface area contributed by atoms with Gasteiger partial charge in [0, 0.05) is 18.6 Å². The Kier molecular flexibility index (Phi) is 19.6. The van der Waals surface area contributed by atoms with Crippen LogP contribution < -0.4 is 5.32 Å². The van der Waals surface area contributed by atoms with Gasteiger partial charge in [-0.2, -0.15) is 70.2 Å². The lowest BCUT2D eigenvalue weighted by Crippen LogP contribution is -2.59. The van der Waals surface area contributed by atoms with E-state index in [0.717, 1.165) is 0 Å². The van der Waals surface area contributed by atoms with Crippen molar-refractivity contribution in [2.45, 2.75) is 73.7 Å². The quantitative estimate of drug-likeness (QED) is 0.0319. The first-order chi connectivity index (χ1) is 26.2. The van der Waals surface area contributed by atoms with Crippen molar-refractivity contribution in [2.24, 2.45) is 0 Å². The van der Waals surface area contributed by atoms with Gasteiger partial charge in [-0.3, -0.25) is 14.3 Å². The molecule has 2 atom stereocenters. The van der Waals surface area contributed by atoms with E-state index in [1.54, 1.807) is 0 Å². The molecular formula is C27H27F18NO12. The van der Waals surface area contributed by atoms with Crippen molar-refractivity contribution >= 4 is 24.0 Å². The number of halogens is 18. The molecule has 1 amide bonds. The maximum atomic E-state index is 13.9. The molecule has 2 unspecified atom stereocenters. The van der Waals surface area contributed by atoms with Crippen LogP contribution in [0, 0.1) is 0 Å². The minimum Gasteiger partial charge on any atom is -0.463 e. The van der Waals surface area contributed by atoms with Gasteiger partial charge in [-0.15, -0.1) is 0 Å². The first-order valence-corrected chi connectivity index (χ1v) is 14.7. The Hall–Kier alpha value is -4.26. The second kappa shape index (κ2) is 21.1. The van der Waals surface area contributed by atoms with Gasteiger partial charge in [0.2, 0.25) is 0 Å². The van der Waals surface area contributed by atoms with Crippen molar-refractivity contribution in [3.8, 4) is 0 Å². The minimum absolute atomic E-state index is 0.484. The van der Waals surface area contributed by atoms with Crippen LogP contribution in [0.4, 0.5) is 83.8 Å². The van der Waals surface area contributed by atoms with E-state index in [1.807, 2.05) is 0 Å². The van der Waals surface area contributed by atoms with Crippen molar-refractivity contribution in [1.29, 1.82) is 0 Å². The summed E-state index contributed by atoms with van der Waals surface area (Å²) in [6.45, 7) is -6.58. The van der Waals surface area contributed by atoms with Crippen LogP contribution in [-0.2, 0) is 52.3 Å². The van der Waals surface area contributed by atoms with Crippen molar-refractivity contribution in [2.75, 3.05) is 46.2 Å². The molecule has 0 spiro atoms. The molecule has 0 aromatic heterocycles. The van der Waals surface area contributed by atoms with Gasteiger partial charge in [-0.1, -0.05) is 13.2 Å². The normalized spacial score (nSPS) is 14.5. The number of hydrogen-bond acceptors (Lipinski definition) is 12. The van der Waals surface area contributed by atoms with E-state index >= 15 is 0 Å². The molecule has 0 radical (unpaired) electrons. The molecule has 0 saturated carbocycles. The number of alkyl carbamates (subject to hydrolysis) is 1. The molecule has 0 aromatic carbocycles. The van der Waals surface area contributed by atoms with Crippen LogP contribution >= 0.6 is 0 Å². The first-order valence-electron chi connectivity index (χ1n) is 14.7. The number of carbonyl (C=O) groups excluding carboxylic acids is 4. The molecule has 31 heteroatoms. The zero-order valence-electron chi connectivity index (χ0n) is 28.3. The van der Waals surface area contributed by atoms with Crippen LogP contribution in [0.1, 0.15) is 12.8 Å². The van der Waals surface area contributed by atoms with Gasteiger partial charge < -0.3 is 33.7 Å². The van der Waals surface area contributed by atoms with E-state index in [4.69, 9.17) is 0 Å². The molecule has 0 rings (SSSR count). The molecule has 0 aliphatic carbocycles. The zero-order chi connectivity index (χ0) is 45.6. The summed E-state index contributed by atoms with van der Waals surface area (Å²) in [5, 5.41) is 1.51. The van der Waals surface area contributed by atoms with Crippen LogP contribution in [0.2, 0.25) is 0 Å². The van der Waals surface area contributed by atoms with Gasteiger partial charge in [0.15, 0.2) is 13.2 Å². The third kappa shape index (κ3) is 15.5. The van der Waals surface area contributed by atoms with Gasteiger partial charge >= 0.3 is 72.1 Å². The van der Waals surface area contributed by atoms with E-state index in [2.05, 4.69) is 51.1 Å². The molecule has 0 aliphatic rings. The highest BCUT2D eigenvalue weighted by Gasteiger charge is 2.76. The lowest BCUT2D eigenvalue weighted by Gasteiger charge is -2.33. The average molecular weight is 899 g/mol. The highest BCUT2D eigenvalue weighted by atomic mass is 19.4. The fraction of sp³-hybridized carbons (Fsp3) is 0.704. The van der Waals surface area contributed by atoms with Crippen molar-refractivity contribution < 1.29 is 136 Å². The molecule has 0 aromatic rings. The molecule has 58 heavy (non-hydrogen) atoms. The fourth-order valence-electron chi connectivity index (χ4n) is 2.90. The molecule has 0 fully saturated rings. The maximum absolute atomic E-state index is 13.9. The van der Waals surface area contributed by atoms with Gasteiger partial charge in [0.05, 0.1) is 26.4 Å². The predicted molar refractivity (Wildman–Crippen MR) is 145 cm³/mol. The van der Waals surface area contributed by atoms with Crippen LogP contribution in [-0.4, -0.2) is 131 Å².